The number of carbonyl (C=O) groups excluding carboxylic acids is 5. The van der Waals surface area contributed by atoms with Crippen LogP contribution in [-0.4, -0.2) is 90.5 Å². The van der Waals surface area contributed by atoms with Crippen molar-refractivity contribution in [1.82, 2.24) is 30.2 Å². The highest BCUT2D eigenvalue weighted by atomic mass is 31.1. The number of aromatic nitrogens is 2. The first kappa shape index (κ1) is 39.7. The van der Waals surface area contributed by atoms with Crippen molar-refractivity contribution in [3.63, 3.8) is 0 Å². The number of carboxylic acids is 1. The van der Waals surface area contributed by atoms with Gasteiger partial charge in [0.25, 0.3) is 5.69 Å². The van der Waals surface area contributed by atoms with Crippen LogP contribution in [0.15, 0.2) is 67.1 Å². The Morgan fingerprint density at radius 1 is 0.962 bits per heavy atom. The number of carbonyl (C=O) groups is 6. The summed E-state index contributed by atoms with van der Waals surface area (Å²) in [5, 5.41) is 30.2. The van der Waals surface area contributed by atoms with Crippen molar-refractivity contribution in [2.45, 2.75) is 69.6 Å². The summed E-state index contributed by atoms with van der Waals surface area (Å²) in [5.74, 6) is -4.82. The van der Waals surface area contributed by atoms with E-state index in [0.29, 0.717) is 12.0 Å². The number of nitrogens with zero attached hydrogens (tertiary/aromatic N) is 4. The van der Waals surface area contributed by atoms with E-state index in [1.807, 2.05) is 0 Å². The minimum absolute atomic E-state index is 0.0453. The summed E-state index contributed by atoms with van der Waals surface area (Å²) < 4.78 is 12.6. The van der Waals surface area contributed by atoms with Gasteiger partial charge in [-0.1, -0.05) is 30.3 Å². The van der Waals surface area contributed by atoms with Crippen LogP contribution in [0.5, 0.6) is 0 Å². The average molecular weight is 753 g/mol. The quantitative estimate of drug-likeness (QED) is 0.0713. The standard InChI is InChI=1S/C33H37N8O11P/c1-20(35-28(42)13-14-29(43)44)30(45)38-26(17-24-18-34-19-40(24)53(51)52)33(48)39-15-5-8-27(39)32(47)37-25(16-21-6-3-2-4-7-21)31(46)36-22-9-11-23(12-10-22)41(49)50/h2-4,6-7,9-12,18-20,25-27H,5,8,13-17H2,1H3,(H,35,42)(H,36,46)(H,37,47)(H,38,45)(H,43,44)/t20-,25-,26-,27-/m0/s1. The van der Waals surface area contributed by atoms with E-state index in [1.165, 1.54) is 42.3 Å². The molecule has 280 valence electrons. The maximum Gasteiger partial charge on any atom is 0.445 e. The second-order valence-electron chi connectivity index (χ2n) is 12.1. The number of anilines is 1. The van der Waals surface area contributed by atoms with Crippen LogP contribution in [0, 0.1) is 10.1 Å². The van der Waals surface area contributed by atoms with E-state index < -0.39 is 85.6 Å². The van der Waals surface area contributed by atoms with E-state index in [1.54, 1.807) is 30.3 Å². The van der Waals surface area contributed by atoms with Crippen molar-refractivity contribution in [1.29, 1.82) is 0 Å². The molecule has 1 saturated heterocycles. The van der Waals surface area contributed by atoms with Crippen molar-refractivity contribution in [2.24, 2.45) is 0 Å². The molecule has 2 heterocycles. The highest BCUT2D eigenvalue weighted by Crippen LogP contribution is 2.23. The Balaban J connectivity index is 1.54. The summed E-state index contributed by atoms with van der Waals surface area (Å²) in [6.07, 6.45) is 1.60. The van der Waals surface area contributed by atoms with Gasteiger partial charge in [0.1, 0.15) is 30.5 Å². The molecule has 20 heteroatoms. The Hall–Kier alpha value is -6.07. The molecule has 0 saturated carbocycles. The number of nitro groups is 1. The van der Waals surface area contributed by atoms with E-state index in [-0.39, 0.29) is 42.9 Å². The third-order valence-corrected chi connectivity index (χ3v) is 9.05. The molecule has 5 amide bonds. The number of hydrogen-bond acceptors (Lipinski definition) is 11. The summed E-state index contributed by atoms with van der Waals surface area (Å²) >= 11 is 0. The lowest BCUT2D eigenvalue weighted by Gasteiger charge is -2.30. The third kappa shape index (κ3) is 11.2. The number of hydrogen-bond donors (Lipinski definition) is 5. The molecule has 3 aromatic rings. The van der Waals surface area contributed by atoms with Crippen LogP contribution in [0.3, 0.4) is 0 Å². The van der Waals surface area contributed by atoms with Crippen molar-refractivity contribution < 1.29 is 48.3 Å². The van der Waals surface area contributed by atoms with Gasteiger partial charge < -0.3 is 36.2 Å². The van der Waals surface area contributed by atoms with Crippen molar-refractivity contribution in [3.8, 4) is 0 Å². The summed E-state index contributed by atoms with van der Waals surface area (Å²) in [7, 11) is -3.19. The normalized spacial score (nSPS) is 15.7. The maximum atomic E-state index is 14.1. The lowest BCUT2D eigenvalue weighted by atomic mass is 10.0. The SMILES string of the molecule is C[C@H](NC(=O)CCC(=O)O)C(=O)N[C@@H](Cc1cncn1[P+](=O)[O-])C(=O)N1CCC[C@H]1C(=O)N[C@@H](Cc1ccccc1)C(=O)Nc1ccc([N+](=O)[O-])cc1. The number of nitrogens with one attached hydrogen (secondary N) is 4. The van der Waals surface area contributed by atoms with Gasteiger partial charge in [-0.25, -0.2) is 4.98 Å². The summed E-state index contributed by atoms with van der Waals surface area (Å²) in [4.78, 5) is 105. The van der Waals surface area contributed by atoms with Crippen LogP contribution < -0.4 is 26.2 Å². The molecule has 1 unspecified atom stereocenters. The Bertz CT molecular complexity index is 1850. The molecule has 5 N–H and O–H groups in total. The zero-order valence-corrected chi connectivity index (χ0v) is 29.3. The summed E-state index contributed by atoms with van der Waals surface area (Å²) in [6.45, 7) is 1.40. The third-order valence-electron chi connectivity index (χ3n) is 8.33. The van der Waals surface area contributed by atoms with Gasteiger partial charge in [0.2, 0.25) is 29.5 Å². The van der Waals surface area contributed by atoms with E-state index in [0.717, 1.165) is 10.7 Å². The highest BCUT2D eigenvalue weighted by molar-refractivity contribution is 7.34. The minimum atomic E-state index is -3.19. The zero-order valence-electron chi connectivity index (χ0n) is 28.4. The van der Waals surface area contributed by atoms with Crippen LogP contribution in [0.25, 0.3) is 0 Å². The fourth-order valence-corrected chi connectivity index (χ4v) is 6.13. The van der Waals surface area contributed by atoms with Gasteiger partial charge in [-0.3, -0.25) is 38.9 Å². The fourth-order valence-electron chi connectivity index (χ4n) is 5.64. The minimum Gasteiger partial charge on any atom is -0.573 e. The maximum absolute atomic E-state index is 14.1. The molecule has 0 radical (unpaired) electrons. The topological polar surface area (TPSA) is 275 Å². The molecule has 2 aromatic carbocycles. The number of imidazole rings is 1. The first-order chi connectivity index (χ1) is 25.2. The summed E-state index contributed by atoms with van der Waals surface area (Å²) in [6, 6.07) is 9.02. The Labute approximate surface area is 303 Å². The van der Waals surface area contributed by atoms with Gasteiger partial charge in [-0.15, -0.1) is 4.34 Å². The second kappa shape index (κ2) is 18.4. The number of nitro benzene ring substituents is 1. The molecule has 1 aliphatic heterocycles. The lowest BCUT2D eigenvalue weighted by Crippen LogP contribution is -2.58. The Morgan fingerprint density at radius 3 is 2.30 bits per heavy atom. The van der Waals surface area contributed by atoms with E-state index in [4.69, 9.17) is 5.11 Å². The van der Waals surface area contributed by atoms with E-state index in [2.05, 4.69) is 26.3 Å². The molecule has 0 bridgehead atoms. The predicted octanol–water partition coefficient (Wildman–Crippen LogP) is 0.411. The zero-order chi connectivity index (χ0) is 38.7. The number of amides is 5. The number of aliphatic carboxylic acids is 1. The number of carboxylic acid groups (broad SMARTS) is 1. The molecule has 0 spiro atoms. The predicted molar refractivity (Wildman–Crippen MR) is 184 cm³/mol. The van der Waals surface area contributed by atoms with Gasteiger partial charge in [-0.05, 0) is 42.0 Å². The van der Waals surface area contributed by atoms with E-state index >= 15 is 0 Å². The van der Waals surface area contributed by atoms with Gasteiger partial charge in [0, 0.05) is 43.6 Å². The molecule has 53 heavy (non-hydrogen) atoms. The number of non-ortho nitro benzene ring substituents is 1. The molecule has 1 fully saturated rings. The van der Waals surface area contributed by atoms with Crippen LogP contribution in [-0.2, 0) is 46.2 Å². The molecule has 1 aromatic heterocycles. The molecule has 5 atom stereocenters. The summed E-state index contributed by atoms with van der Waals surface area (Å²) in [5.41, 5.74) is 0.814. The highest BCUT2D eigenvalue weighted by Gasteiger charge is 2.40. The fraction of sp³-hybridized carbons (Fsp3) is 0.364. The molecular formula is C33H37N8O11P. The monoisotopic (exact) mass is 752 g/mol. The van der Waals surface area contributed by atoms with Gasteiger partial charge in [-0.2, -0.15) is 0 Å². The molecular weight excluding hydrogens is 715 g/mol. The van der Waals surface area contributed by atoms with Crippen LogP contribution in [0.1, 0.15) is 43.9 Å². The van der Waals surface area contributed by atoms with Crippen molar-refractivity contribution >= 4 is 55.1 Å². The molecule has 19 nitrogen and oxygen atoms in total. The Kier molecular flexibility index (Phi) is 13.8. The van der Waals surface area contributed by atoms with Crippen LogP contribution in [0.4, 0.5) is 11.4 Å². The van der Waals surface area contributed by atoms with E-state index in [9.17, 15) is 48.3 Å². The molecule has 0 aliphatic carbocycles. The Morgan fingerprint density at radius 2 is 1.66 bits per heavy atom. The molecule has 4 rings (SSSR count). The van der Waals surface area contributed by atoms with Crippen molar-refractivity contribution in [2.75, 3.05) is 11.9 Å². The largest absolute Gasteiger partial charge is 0.573 e. The van der Waals surface area contributed by atoms with Crippen LogP contribution >= 0.6 is 8.18 Å². The number of rotatable bonds is 17. The number of likely N-dealkylation sites (tertiary alicyclic amines) is 1. The van der Waals surface area contributed by atoms with Gasteiger partial charge >= 0.3 is 14.1 Å². The van der Waals surface area contributed by atoms with Gasteiger partial charge in [0.05, 0.1) is 23.2 Å². The lowest BCUT2D eigenvalue weighted by molar-refractivity contribution is -0.384. The van der Waals surface area contributed by atoms with Crippen LogP contribution in [0.2, 0.25) is 0 Å². The smallest absolute Gasteiger partial charge is 0.445 e. The second-order valence-corrected chi connectivity index (χ2v) is 13.1. The van der Waals surface area contributed by atoms with Gasteiger partial charge in [0.15, 0.2) is 0 Å². The average Bonchev–Trinajstić information content (AvgIpc) is 3.81. The number of benzene rings is 2. The first-order valence-corrected chi connectivity index (χ1v) is 17.5. The first-order valence-electron chi connectivity index (χ1n) is 16.4. The van der Waals surface area contributed by atoms with Crippen molar-refractivity contribution in [3.05, 3.63) is 88.5 Å². The molecule has 1 aliphatic rings.